The Bertz CT molecular complexity index is 724. The van der Waals surface area contributed by atoms with Gasteiger partial charge in [-0.25, -0.2) is 9.59 Å². The van der Waals surface area contributed by atoms with E-state index in [4.69, 9.17) is 0 Å². The summed E-state index contributed by atoms with van der Waals surface area (Å²) in [7, 11) is 3.13. The van der Waals surface area contributed by atoms with Crippen molar-refractivity contribution in [2.45, 2.75) is 19.9 Å². The molecule has 0 aliphatic carbocycles. The molecule has 0 bridgehead atoms. The first-order valence-electron chi connectivity index (χ1n) is 7.15. The second-order valence-electron chi connectivity index (χ2n) is 5.29. The van der Waals surface area contributed by atoms with Crippen molar-refractivity contribution in [2.24, 2.45) is 7.05 Å². The molecule has 1 heterocycles. The standard InChI is InChI=1S/C16H20N4O3/c1-10-5-6-12(15(21)23-4)7-14(10)19-16(22)18-11(2)13-8-17-20(3)9-13/h5-9,11H,1-4H3,(H2,18,19,22). The fraction of sp³-hybridized carbons (Fsp3) is 0.312. The average molecular weight is 316 g/mol. The van der Waals surface area contributed by atoms with E-state index in [0.717, 1.165) is 11.1 Å². The molecule has 7 nitrogen and oxygen atoms in total. The van der Waals surface area contributed by atoms with Crippen molar-refractivity contribution < 1.29 is 14.3 Å². The highest BCUT2D eigenvalue weighted by Gasteiger charge is 2.13. The molecule has 1 unspecified atom stereocenters. The SMILES string of the molecule is COC(=O)c1ccc(C)c(NC(=O)NC(C)c2cnn(C)c2)c1. The molecule has 0 saturated heterocycles. The molecule has 1 aromatic carbocycles. The summed E-state index contributed by atoms with van der Waals surface area (Å²) in [4.78, 5) is 23.7. The largest absolute Gasteiger partial charge is 0.465 e. The Morgan fingerprint density at radius 2 is 2.09 bits per heavy atom. The summed E-state index contributed by atoms with van der Waals surface area (Å²) in [5, 5.41) is 9.66. The van der Waals surface area contributed by atoms with Gasteiger partial charge in [-0.3, -0.25) is 4.68 Å². The van der Waals surface area contributed by atoms with Crippen LogP contribution in [0.1, 0.15) is 34.5 Å². The van der Waals surface area contributed by atoms with E-state index in [9.17, 15) is 9.59 Å². The van der Waals surface area contributed by atoms with E-state index in [-0.39, 0.29) is 12.1 Å². The van der Waals surface area contributed by atoms with Gasteiger partial charge in [0.2, 0.25) is 0 Å². The first kappa shape index (κ1) is 16.5. The van der Waals surface area contributed by atoms with Gasteiger partial charge in [-0.1, -0.05) is 6.07 Å². The van der Waals surface area contributed by atoms with Gasteiger partial charge in [-0.05, 0) is 31.5 Å². The third kappa shape index (κ3) is 4.09. The molecule has 2 amide bonds. The molecule has 0 aliphatic rings. The number of hydrogen-bond acceptors (Lipinski definition) is 4. The normalized spacial score (nSPS) is 11.7. The maximum absolute atomic E-state index is 12.1. The molecule has 23 heavy (non-hydrogen) atoms. The fourth-order valence-corrected chi connectivity index (χ4v) is 2.10. The summed E-state index contributed by atoms with van der Waals surface area (Å²) in [6, 6.07) is 4.46. The first-order valence-corrected chi connectivity index (χ1v) is 7.15. The maximum Gasteiger partial charge on any atom is 0.337 e. The van der Waals surface area contributed by atoms with Crippen molar-refractivity contribution in [3.05, 3.63) is 47.3 Å². The maximum atomic E-state index is 12.1. The van der Waals surface area contributed by atoms with E-state index >= 15 is 0 Å². The average Bonchev–Trinajstić information content (AvgIpc) is 2.95. The number of esters is 1. The van der Waals surface area contributed by atoms with E-state index < -0.39 is 5.97 Å². The molecule has 2 rings (SSSR count). The van der Waals surface area contributed by atoms with Gasteiger partial charge < -0.3 is 15.4 Å². The van der Waals surface area contributed by atoms with Crippen molar-refractivity contribution in [1.82, 2.24) is 15.1 Å². The Labute approximate surface area is 134 Å². The van der Waals surface area contributed by atoms with Gasteiger partial charge in [0.05, 0.1) is 24.9 Å². The number of nitrogens with one attached hydrogen (secondary N) is 2. The predicted octanol–water partition coefficient (Wildman–Crippen LogP) is 2.40. The van der Waals surface area contributed by atoms with Crippen LogP contribution in [0.5, 0.6) is 0 Å². The Morgan fingerprint density at radius 1 is 1.35 bits per heavy atom. The minimum absolute atomic E-state index is 0.187. The Balaban J connectivity index is 2.06. The van der Waals surface area contributed by atoms with E-state index in [0.29, 0.717) is 11.3 Å². The van der Waals surface area contributed by atoms with E-state index in [2.05, 4.69) is 20.5 Å². The lowest BCUT2D eigenvalue weighted by molar-refractivity contribution is 0.0600. The van der Waals surface area contributed by atoms with Crippen molar-refractivity contribution in [3.8, 4) is 0 Å². The number of aryl methyl sites for hydroxylation is 2. The fourth-order valence-electron chi connectivity index (χ4n) is 2.10. The van der Waals surface area contributed by atoms with Gasteiger partial charge in [0.1, 0.15) is 0 Å². The second kappa shape index (κ2) is 6.95. The number of anilines is 1. The minimum atomic E-state index is -0.447. The van der Waals surface area contributed by atoms with Crippen LogP contribution in [0.2, 0.25) is 0 Å². The summed E-state index contributed by atoms with van der Waals surface area (Å²) < 4.78 is 6.36. The Hall–Kier alpha value is -2.83. The van der Waals surface area contributed by atoms with Gasteiger partial charge in [-0.15, -0.1) is 0 Å². The smallest absolute Gasteiger partial charge is 0.337 e. The number of ether oxygens (including phenoxy) is 1. The third-order valence-corrected chi connectivity index (χ3v) is 3.48. The number of benzene rings is 1. The predicted molar refractivity (Wildman–Crippen MR) is 86.3 cm³/mol. The van der Waals surface area contributed by atoms with Crippen LogP contribution in [-0.4, -0.2) is 28.9 Å². The van der Waals surface area contributed by atoms with Crippen molar-refractivity contribution >= 4 is 17.7 Å². The molecule has 122 valence electrons. The second-order valence-corrected chi connectivity index (χ2v) is 5.29. The lowest BCUT2D eigenvalue weighted by atomic mass is 10.1. The van der Waals surface area contributed by atoms with Crippen LogP contribution in [0.15, 0.2) is 30.6 Å². The van der Waals surface area contributed by atoms with E-state index in [1.54, 1.807) is 29.1 Å². The quantitative estimate of drug-likeness (QED) is 0.848. The van der Waals surface area contributed by atoms with Crippen molar-refractivity contribution in [1.29, 1.82) is 0 Å². The van der Waals surface area contributed by atoms with E-state index in [1.807, 2.05) is 27.1 Å². The molecule has 0 radical (unpaired) electrons. The zero-order valence-corrected chi connectivity index (χ0v) is 13.6. The molecule has 0 spiro atoms. The lowest BCUT2D eigenvalue weighted by Gasteiger charge is -2.15. The highest BCUT2D eigenvalue weighted by molar-refractivity contribution is 5.94. The summed E-state index contributed by atoms with van der Waals surface area (Å²) >= 11 is 0. The summed E-state index contributed by atoms with van der Waals surface area (Å²) in [6.07, 6.45) is 3.54. The number of carbonyl (C=O) groups is 2. The van der Waals surface area contributed by atoms with E-state index in [1.165, 1.54) is 7.11 Å². The van der Waals surface area contributed by atoms with Gasteiger partial charge in [0.25, 0.3) is 0 Å². The molecule has 1 aromatic heterocycles. The van der Waals surface area contributed by atoms with Crippen molar-refractivity contribution in [3.63, 3.8) is 0 Å². The summed E-state index contributed by atoms with van der Waals surface area (Å²) in [6.45, 7) is 3.72. The zero-order chi connectivity index (χ0) is 17.0. The van der Waals surface area contributed by atoms with Crippen LogP contribution in [0.3, 0.4) is 0 Å². The monoisotopic (exact) mass is 316 g/mol. The zero-order valence-electron chi connectivity index (χ0n) is 13.6. The Morgan fingerprint density at radius 3 is 2.70 bits per heavy atom. The van der Waals surface area contributed by atoms with Gasteiger partial charge in [0.15, 0.2) is 0 Å². The highest BCUT2D eigenvalue weighted by Crippen LogP contribution is 2.18. The molecule has 2 N–H and O–H groups in total. The first-order chi connectivity index (χ1) is 10.9. The van der Waals surface area contributed by atoms with Crippen LogP contribution in [0, 0.1) is 6.92 Å². The van der Waals surface area contributed by atoms with Crippen LogP contribution in [-0.2, 0) is 11.8 Å². The number of carbonyl (C=O) groups excluding carboxylic acids is 2. The minimum Gasteiger partial charge on any atom is -0.465 e. The molecule has 1 atom stereocenters. The topological polar surface area (TPSA) is 85.2 Å². The number of methoxy groups -OCH3 is 1. The summed E-state index contributed by atoms with van der Waals surface area (Å²) in [5.74, 6) is -0.447. The van der Waals surface area contributed by atoms with Gasteiger partial charge in [0, 0.05) is 24.5 Å². The molecule has 0 saturated carbocycles. The molecule has 0 aliphatic heterocycles. The number of amides is 2. The highest BCUT2D eigenvalue weighted by atomic mass is 16.5. The van der Waals surface area contributed by atoms with Crippen LogP contribution < -0.4 is 10.6 Å². The Kier molecular flexibility index (Phi) is 5.00. The lowest BCUT2D eigenvalue weighted by Crippen LogP contribution is -2.31. The van der Waals surface area contributed by atoms with Gasteiger partial charge in [-0.2, -0.15) is 5.10 Å². The number of rotatable bonds is 4. The number of urea groups is 1. The molecule has 0 fully saturated rings. The van der Waals surface area contributed by atoms with Crippen LogP contribution in [0.4, 0.5) is 10.5 Å². The molecule has 7 heteroatoms. The number of hydrogen-bond donors (Lipinski definition) is 2. The van der Waals surface area contributed by atoms with Gasteiger partial charge >= 0.3 is 12.0 Å². The van der Waals surface area contributed by atoms with Crippen LogP contribution >= 0.6 is 0 Å². The van der Waals surface area contributed by atoms with Crippen molar-refractivity contribution in [2.75, 3.05) is 12.4 Å². The summed E-state index contributed by atoms with van der Waals surface area (Å²) in [5.41, 5.74) is 2.70. The molecular weight excluding hydrogens is 296 g/mol. The number of nitrogens with zero attached hydrogens (tertiary/aromatic N) is 2. The third-order valence-electron chi connectivity index (χ3n) is 3.48. The molecular formula is C16H20N4O3. The molecule has 2 aromatic rings. The van der Waals surface area contributed by atoms with Crippen LogP contribution in [0.25, 0.3) is 0 Å². The number of aromatic nitrogens is 2.